The van der Waals surface area contributed by atoms with Gasteiger partial charge in [0, 0.05) is 12.6 Å². The molecule has 2 atom stereocenters. The van der Waals surface area contributed by atoms with Crippen LogP contribution in [-0.4, -0.2) is 28.8 Å². The predicted octanol–water partition coefficient (Wildman–Crippen LogP) is 5.18. The van der Waals surface area contributed by atoms with Gasteiger partial charge in [-0.25, -0.2) is 0 Å². The zero-order valence-electron chi connectivity index (χ0n) is 17.3. The largest absolute Gasteiger partial charge is 0.352 e. The Morgan fingerprint density at radius 1 is 1.00 bits per heavy atom. The number of halogens is 2. The number of carbonyl (C=O) groups excluding carboxylic acids is 2. The molecule has 0 spiro atoms. The summed E-state index contributed by atoms with van der Waals surface area (Å²) < 4.78 is 0. The van der Waals surface area contributed by atoms with Crippen LogP contribution in [0.3, 0.4) is 0 Å². The third-order valence-electron chi connectivity index (χ3n) is 4.98. The molecule has 2 rings (SSSR count). The van der Waals surface area contributed by atoms with Crippen molar-refractivity contribution in [2.45, 2.75) is 59.2 Å². The number of benzene rings is 2. The summed E-state index contributed by atoms with van der Waals surface area (Å²) in [5, 5.41) is 3.84. The van der Waals surface area contributed by atoms with Gasteiger partial charge in [0.25, 0.3) is 0 Å². The van der Waals surface area contributed by atoms with E-state index in [0.29, 0.717) is 10.0 Å². The highest BCUT2D eigenvalue weighted by Gasteiger charge is 2.27. The number of nitrogens with zero attached hydrogens (tertiary/aromatic N) is 1. The van der Waals surface area contributed by atoms with Gasteiger partial charge in [0.2, 0.25) is 11.8 Å². The van der Waals surface area contributed by atoms with Crippen LogP contribution in [0.4, 0.5) is 0 Å². The lowest BCUT2D eigenvalue weighted by molar-refractivity contribution is -0.140. The minimum absolute atomic E-state index is 0.0453. The Balaban J connectivity index is 2.25. The number of carbonyl (C=O) groups is 2. The predicted molar refractivity (Wildman–Crippen MR) is 119 cm³/mol. The van der Waals surface area contributed by atoms with Gasteiger partial charge in [-0.1, -0.05) is 66.0 Å². The maximum atomic E-state index is 13.1. The molecule has 29 heavy (non-hydrogen) atoms. The van der Waals surface area contributed by atoms with Crippen LogP contribution in [0.15, 0.2) is 42.5 Å². The molecule has 0 aliphatic heterocycles. The van der Waals surface area contributed by atoms with Gasteiger partial charge in [-0.15, -0.1) is 0 Å². The molecule has 2 unspecified atom stereocenters. The van der Waals surface area contributed by atoms with Crippen molar-refractivity contribution in [2.24, 2.45) is 0 Å². The van der Waals surface area contributed by atoms with Crippen molar-refractivity contribution < 1.29 is 9.59 Å². The quantitative estimate of drug-likeness (QED) is 0.622. The van der Waals surface area contributed by atoms with Gasteiger partial charge >= 0.3 is 0 Å². The average Bonchev–Trinajstić information content (AvgIpc) is 2.69. The zero-order valence-corrected chi connectivity index (χ0v) is 18.8. The smallest absolute Gasteiger partial charge is 0.242 e. The van der Waals surface area contributed by atoms with Crippen molar-refractivity contribution >= 4 is 35.0 Å². The molecule has 0 saturated carbocycles. The molecule has 0 aliphatic rings. The molecular formula is C23H28Cl2N2O2. The standard InChI is InChI=1S/C23H28Cl2N2O2/c1-5-16(3)26-23(29)17(4)27(14-19-10-11-20(24)21(25)12-19)22(28)13-18-8-6-15(2)7-9-18/h6-12,16-17H,5,13-14H2,1-4H3,(H,26,29). The summed E-state index contributed by atoms with van der Waals surface area (Å²) in [5.41, 5.74) is 2.87. The Morgan fingerprint density at radius 3 is 2.21 bits per heavy atom. The highest BCUT2D eigenvalue weighted by molar-refractivity contribution is 6.42. The van der Waals surface area contributed by atoms with Crippen molar-refractivity contribution in [1.29, 1.82) is 0 Å². The van der Waals surface area contributed by atoms with E-state index in [2.05, 4.69) is 5.32 Å². The highest BCUT2D eigenvalue weighted by atomic mass is 35.5. The summed E-state index contributed by atoms with van der Waals surface area (Å²) in [6.45, 7) is 7.98. The molecule has 0 radical (unpaired) electrons. The van der Waals surface area contributed by atoms with Crippen LogP contribution in [0.2, 0.25) is 10.0 Å². The minimum Gasteiger partial charge on any atom is -0.352 e. The fraction of sp³-hybridized carbons (Fsp3) is 0.391. The SMILES string of the molecule is CCC(C)NC(=O)C(C)N(Cc1ccc(Cl)c(Cl)c1)C(=O)Cc1ccc(C)cc1. The Labute approximate surface area is 183 Å². The van der Waals surface area contributed by atoms with Gasteiger partial charge in [-0.2, -0.15) is 0 Å². The number of hydrogen-bond acceptors (Lipinski definition) is 2. The lowest BCUT2D eigenvalue weighted by atomic mass is 10.1. The van der Waals surface area contributed by atoms with Crippen molar-refractivity contribution in [2.75, 3.05) is 0 Å². The van der Waals surface area contributed by atoms with Crippen LogP contribution in [0, 0.1) is 6.92 Å². The lowest BCUT2D eigenvalue weighted by Gasteiger charge is -2.30. The van der Waals surface area contributed by atoms with Crippen molar-refractivity contribution in [1.82, 2.24) is 10.2 Å². The van der Waals surface area contributed by atoms with Gasteiger partial charge in [-0.3, -0.25) is 9.59 Å². The number of rotatable bonds is 8. The van der Waals surface area contributed by atoms with Crippen LogP contribution in [-0.2, 0) is 22.6 Å². The highest BCUT2D eigenvalue weighted by Crippen LogP contribution is 2.24. The minimum atomic E-state index is -0.614. The van der Waals surface area contributed by atoms with E-state index in [4.69, 9.17) is 23.2 Å². The normalized spacial score (nSPS) is 12.9. The third-order valence-corrected chi connectivity index (χ3v) is 5.72. The summed E-state index contributed by atoms with van der Waals surface area (Å²) in [4.78, 5) is 27.5. The summed E-state index contributed by atoms with van der Waals surface area (Å²) in [7, 11) is 0. The molecule has 0 fully saturated rings. The maximum Gasteiger partial charge on any atom is 0.242 e. The van der Waals surface area contributed by atoms with Gasteiger partial charge < -0.3 is 10.2 Å². The summed E-state index contributed by atoms with van der Waals surface area (Å²) in [6, 6.07) is 12.5. The number of aryl methyl sites for hydroxylation is 1. The van der Waals surface area contributed by atoms with Crippen LogP contribution in [0.1, 0.15) is 43.9 Å². The molecule has 0 aromatic heterocycles. The molecule has 0 aliphatic carbocycles. The summed E-state index contributed by atoms with van der Waals surface area (Å²) in [5.74, 6) is -0.289. The molecule has 6 heteroatoms. The van der Waals surface area contributed by atoms with E-state index >= 15 is 0 Å². The van der Waals surface area contributed by atoms with E-state index in [1.165, 1.54) is 0 Å². The van der Waals surface area contributed by atoms with Crippen molar-refractivity contribution in [3.8, 4) is 0 Å². The van der Waals surface area contributed by atoms with Crippen LogP contribution >= 0.6 is 23.2 Å². The first-order valence-corrected chi connectivity index (χ1v) is 10.6. The zero-order chi connectivity index (χ0) is 21.6. The molecule has 2 aromatic rings. The summed E-state index contributed by atoms with van der Waals surface area (Å²) >= 11 is 12.1. The second kappa shape index (κ2) is 10.7. The Hall–Kier alpha value is -2.04. The van der Waals surface area contributed by atoms with Crippen LogP contribution in [0.5, 0.6) is 0 Å². The number of nitrogens with one attached hydrogen (secondary N) is 1. The average molecular weight is 435 g/mol. The molecule has 1 N–H and O–H groups in total. The fourth-order valence-corrected chi connectivity index (χ4v) is 3.19. The van der Waals surface area contributed by atoms with E-state index in [0.717, 1.165) is 23.1 Å². The molecule has 0 heterocycles. The number of hydrogen-bond donors (Lipinski definition) is 1. The maximum absolute atomic E-state index is 13.1. The topological polar surface area (TPSA) is 49.4 Å². The third kappa shape index (κ3) is 6.76. The number of amides is 2. The molecule has 0 bridgehead atoms. The molecule has 4 nitrogen and oxygen atoms in total. The van der Waals surface area contributed by atoms with Crippen molar-refractivity contribution in [3.05, 3.63) is 69.2 Å². The second-order valence-electron chi connectivity index (χ2n) is 7.43. The van der Waals surface area contributed by atoms with E-state index < -0.39 is 6.04 Å². The van der Waals surface area contributed by atoms with Gasteiger partial charge in [0.1, 0.15) is 6.04 Å². The van der Waals surface area contributed by atoms with Gasteiger partial charge in [0.05, 0.1) is 16.5 Å². The van der Waals surface area contributed by atoms with Crippen LogP contribution in [0.25, 0.3) is 0 Å². The summed E-state index contributed by atoms with van der Waals surface area (Å²) in [6.07, 6.45) is 1.05. The molecule has 0 saturated heterocycles. The Morgan fingerprint density at radius 2 is 1.62 bits per heavy atom. The lowest BCUT2D eigenvalue weighted by Crippen LogP contribution is -2.49. The van der Waals surface area contributed by atoms with E-state index in [1.807, 2.05) is 51.1 Å². The van der Waals surface area contributed by atoms with Gasteiger partial charge in [-0.05, 0) is 50.5 Å². The van der Waals surface area contributed by atoms with Gasteiger partial charge in [0.15, 0.2) is 0 Å². The fourth-order valence-electron chi connectivity index (χ4n) is 2.86. The first kappa shape index (κ1) is 23.2. The van der Waals surface area contributed by atoms with E-state index in [1.54, 1.807) is 24.0 Å². The van der Waals surface area contributed by atoms with Crippen LogP contribution < -0.4 is 5.32 Å². The monoisotopic (exact) mass is 434 g/mol. The first-order valence-electron chi connectivity index (χ1n) is 9.80. The molecule has 156 valence electrons. The molecular weight excluding hydrogens is 407 g/mol. The van der Waals surface area contributed by atoms with Crippen molar-refractivity contribution in [3.63, 3.8) is 0 Å². The molecule has 2 aromatic carbocycles. The molecule has 2 amide bonds. The van der Waals surface area contributed by atoms with E-state index in [-0.39, 0.29) is 30.8 Å². The van der Waals surface area contributed by atoms with E-state index in [9.17, 15) is 9.59 Å². The Bertz CT molecular complexity index is 852. The Kier molecular flexibility index (Phi) is 8.54. The first-order chi connectivity index (χ1) is 13.7. The second-order valence-corrected chi connectivity index (χ2v) is 8.24.